The highest BCUT2D eigenvalue weighted by molar-refractivity contribution is 7.46. The average Bonchev–Trinajstić information content (AvgIpc) is 2.64. The number of amides is 1. The Kier molecular flexibility index (Phi) is 6.21. The van der Waals surface area contributed by atoms with E-state index in [0.29, 0.717) is 11.1 Å². The summed E-state index contributed by atoms with van der Waals surface area (Å²) < 4.78 is 29.4. The van der Waals surface area contributed by atoms with Crippen molar-refractivity contribution in [2.75, 3.05) is 6.54 Å². The topological polar surface area (TPSA) is 95.9 Å². The van der Waals surface area contributed by atoms with Crippen LogP contribution in [0.2, 0.25) is 0 Å². The number of carbonyl (C=O) groups is 1. The quantitative estimate of drug-likeness (QED) is 0.526. The van der Waals surface area contributed by atoms with Crippen LogP contribution < -0.4 is 5.32 Å². The van der Waals surface area contributed by atoms with E-state index < -0.39 is 25.7 Å². The van der Waals surface area contributed by atoms with Crippen LogP contribution in [0.3, 0.4) is 0 Å². The van der Waals surface area contributed by atoms with Crippen LogP contribution in [0.5, 0.6) is 0 Å². The van der Waals surface area contributed by atoms with Gasteiger partial charge in [-0.1, -0.05) is 42.5 Å². The van der Waals surface area contributed by atoms with Gasteiger partial charge in [0.05, 0.1) is 6.10 Å². The van der Waals surface area contributed by atoms with E-state index in [-0.39, 0.29) is 13.0 Å². The number of phosphoric acid groups is 1. The summed E-state index contributed by atoms with van der Waals surface area (Å²) in [5.41, 5.74) is 0.915. The molecule has 1 atom stereocenters. The van der Waals surface area contributed by atoms with Crippen LogP contribution in [0.15, 0.2) is 66.7 Å². The van der Waals surface area contributed by atoms with Crippen molar-refractivity contribution in [3.8, 4) is 0 Å². The fourth-order valence-electron chi connectivity index (χ4n) is 2.91. The lowest BCUT2D eigenvalue weighted by Crippen LogP contribution is -2.34. The Labute approximate surface area is 161 Å². The van der Waals surface area contributed by atoms with E-state index in [9.17, 15) is 13.8 Å². The van der Waals surface area contributed by atoms with Gasteiger partial charge in [-0.05, 0) is 40.6 Å². The Morgan fingerprint density at radius 3 is 2.50 bits per heavy atom. The summed E-state index contributed by atoms with van der Waals surface area (Å²) in [5, 5.41) is 4.51. The average molecular weight is 403 g/mol. The maximum absolute atomic E-state index is 13.4. The highest BCUT2D eigenvalue weighted by atomic mass is 31.2. The number of hydrogen-bond donors (Lipinski definition) is 3. The molecule has 1 unspecified atom stereocenters. The van der Waals surface area contributed by atoms with Crippen LogP contribution in [0.4, 0.5) is 4.39 Å². The molecule has 146 valence electrons. The Hall–Kier alpha value is -2.57. The van der Waals surface area contributed by atoms with E-state index in [2.05, 4.69) is 5.32 Å². The highest BCUT2D eigenvalue weighted by Crippen LogP contribution is 2.38. The van der Waals surface area contributed by atoms with Gasteiger partial charge in [0.1, 0.15) is 5.82 Å². The maximum Gasteiger partial charge on any atom is 0.469 e. The minimum atomic E-state index is -4.78. The number of fused-ring (bicyclic) bond motifs is 1. The normalized spacial score (nSPS) is 12.7. The van der Waals surface area contributed by atoms with Crippen molar-refractivity contribution in [1.82, 2.24) is 5.32 Å². The minimum Gasteiger partial charge on any atom is -0.349 e. The lowest BCUT2D eigenvalue weighted by molar-refractivity contribution is 0.0897. The van der Waals surface area contributed by atoms with Crippen molar-refractivity contribution in [2.45, 2.75) is 12.5 Å². The first-order valence-corrected chi connectivity index (χ1v) is 10.1. The zero-order chi connectivity index (χ0) is 20.1. The lowest BCUT2D eigenvalue weighted by atomic mass is 10.1. The molecular weight excluding hydrogens is 384 g/mol. The number of nitrogens with one attached hydrogen (secondary N) is 1. The molecule has 3 aromatic rings. The summed E-state index contributed by atoms with van der Waals surface area (Å²) in [6.45, 7) is -0.146. The fraction of sp³-hybridized carbons (Fsp3) is 0.150. The van der Waals surface area contributed by atoms with Crippen LogP contribution in [0.1, 0.15) is 15.9 Å². The number of rotatable bonds is 7. The van der Waals surface area contributed by atoms with Crippen LogP contribution in [-0.2, 0) is 15.5 Å². The number of carbonyl (C=O) groups excluding carboxylic acids is 1. The zero-order valence-electron chi connectivity index (χ0n) is 14.8. The van der Waals surface area contributed by atoms with Gasteiger partial charge in [0.2, 0.25) is 0 Å². The molecule has 6 nitrogen and oxygen atoms in total. The van der Waals surface area contributed by atoms with Gasteiger partial charge in [-0.3, -0.25) is 9.32 Å². The second-order valence-corrected chi connectivity index (χ2v) is 7.52. The molecule has 0 bridgehead atoms. The zero-order valence-corrected chi connectivity index (χ0v) is 15.7. The third-order valence-electron chi connectivity index (χ3n) is 4.14. The van der Waals surface area contributed by atoms with Gasteiger partial charge in [-0.15, -0.1) is 0 Å². The minimum absolute atomic E-state index is 0.0286. The molecule has 0 aliphatic rings. The van der Waals surface area contributed by atoms with Crippen molar-refractivity contribution < 1.29 is 28.1 Å². The SMILES string of the molecule is O=C(NCC(Cc1cccc(F)c1)OP(=O)(O)O)c1ccc2ccccc2c1. The molecule has 0 radical (unpaired) electrons. The lowest BCUT2D eigenvalue weighted by Gasteiger charge is -2.19. The Morgan fingerprint density at radius 1 is 1.04 bits per heavy atom. The van der Waals surface area contributed by atoms with Crippen molar-refractivity contribution >= 4 is 24.5 Å². The monoisotopic (exact) mass is 403 g/mol. The third kappa shape index (κ3) is 5.71. The summed E-state index contributed by atoms with van der Waals surface area (Å²) in [6, 6.07) is 18.4. The third-order valence-corrected chi connectivity index (χ3v) is 4.71. The smallest absolute Gasteiger partial charge is 0.349 e. The molecule has 3 rings (SSSR count). The first-order chi connectivity index (χ1) is 13.3. The second kappa shape index (κ2) is 8.63. The molecule has 0 aliphatic heterocycles. The van der Waals surface area contributed by atoms with E-state index in [1.807, 2.05) is 30.3 Å². The largest absolute Gasteiger partial charge is 0.469 e. The van der Waals surface area contributed by atoms with Gasteiger partial charge in [0.25, 0.3) is 5.91 Å². The summed E-state index contributed by atoms with van der Waals surface area (Å²) in [4.78, 5) is 30.7. The molecule has 0 saturated carbocycles. The van der Waals surface area contributed by atoms with Gasteiger partial charge < -0.3 is 15.1 Å². The van der Waals surface area contributed by atoms with Gasteiger partial charge in [-0.2, -0.15) is 0 Å². The van der Waals surface area contributed by atoms with Crippen LogP contribution in [0.25, 0.3) is 10.8 Å². The van der Waals surface area contributed by atoms with Crippen LogP contribution >= 0.6 is 7.82 Å². The molecule has 1 amide bonds. The molecule has 0 spiro atoms. The molecule has 3 aromatic carbocycles. The fourth-order valence-corrected chi connectivity index (χ4v) is 3.44. The number of benzene rings is 3. The van der Waals surface area contributed by atoms with E-state index >= 15 is 0 Å². The van der Waals surface area contributed by atoms with Gasteiger partial charge in [-0.25, -0.2) is 8.96 Å². The number of halogens is 1. The number of hydrogen-bond acceptors (Lipinski definition) is 3. The first-order valence-electron chi connectivity index (χ1n) is 8.55. The molecule has 0 aliphatic carbocycles. The van der Waals surface area contributed by atoms with E-state index in [4.69, 9.17) is 14.3 Å². The van der Waals surface area contributed by atoms with Crippen molar-refractivity contribution in [1.29, 1.82) is 0 Å². The van der Waals surface area contributed by atoms with Crippen molar-refractivity contribution in [3.05, 3.63) is 83.7 Å². The molecule has 0 saturated heterocycles. The van der Waals surface area contributed by atoms with E-state index in [1.165, 1.54) is 18.2 Å². The first kappa shape index (κ1) is 20.2. The van der Waals surface area contributed by atoms with Crippen molar-refractivity contribution in [3.63, 3.8) is 0 Å². The molecule has 3 N–H and O–H groups in total. The predicted molar refractivity (Wildman–Crippen MR) is 103 cm³/mol. The predicted octanol–water partition coefficient (Wildman–Crippen LogP) is 3.43. The molecule has 0 heterocycles. The van der Waals surface area contributed by atoms with Gasteiger partial charge in [0.15, 0.2) is 0 Å². The van der Waals surface area contributed by atoms with Gasteiger partial charge >= 0.3 is 7.82 Å². The number of phosphoric ester groups is 1. The summed E-state index contributed by atoms with van der Waals surface area (Å²) in [7, 11) is -4.78. The van der Waals surface area contributed by atoms with Gasteiger partial charge in [0, 0.05) is 18.5 Å². The van der Waals surface area contributed by atoms with E-state index in [0.717, 1.165) is 10.8 Å². The Bertz CT molecular complexity index is 1040. The Morgan fingerprint density at radius 2 is 1.79 bits per heavy atom. The van der Waals surface area contributed by atoms with Crippen LogP contribution in [0, 0.1) is 5.82 Å². The standard InChI is InChI=1S/C20H19FNO5P/c21-18-7-3-4-14(10-18)11-19(27-28(24,25)26)13-22-20(23)17-9-8-15-5-1-2-6-16(15)12-17/h1-10,12,19H,11,13H2,(H,22,23)(H2,24,25,26). The Balaban J connectivity index is 1.70. The molecule has 0 fully saturated rings. The van der Waals surface area contributed by atoms with Crippen LogP contribution in [-0.4, -0.2) is 28.3 Å². The molecule has 8 heteroatoms. The second-order valence-electron chi connectivity index (χ2n) is 6.32. The highest BCUT2D eigenvalue weighted by Gasteiger charge is 2.23. The maximum atomic E-state index is 13.4. The molecule has 0 aromatic heterocycles. The van der Waals surface area contributed by atoms with Crippen molar-refractivity contribution in [2.24, 2.45) is 0 Å². The summed E-state index contributed by atoms with van der Waals surface area (Å²) >= 11 is 0. The summed E-state index contributed by atoms with van der Waals surface area (Å²) in [6.07, 6.45) is -0.993. The van der Waals surface area contributed by atoms with E-state index in [1.54, 1.807) is 18.2 Å². The molecule has 28 heavy (non-hydrogen) atoms. The molecular formula is C20H19FNO5P. The summed E-state index contributed by atoms with van der Waals surface area (Å²) in [5.74, 6) is -0.864.